The van der Waals surface area contributed by atoms with Crippen LogP contribution in [0, 0.1) is 0 Å². The SMILES string of the molecule is CC(C)OC(=O)c1c(O)cccc1O[C@@H]1O[C@H](CO)[C@@H](O)[C@H](O)[C@H]1O. The summed E-state index contributed by atoms with van der Waals surface area (Å²) in [5, 5.41) is 48.7. The van der Waals surface area contributed by atoms with Crippen LogP contribution in [0.4, 0.5) is 0 Å². The Hall–Kier alpha value is -1.91. The summed E-state index contributed by atoms with van der Waals surface area (Å²) in [4.78, 5) is 12.2. The van der Waals surface area contributed by atoms with E-state index in [2.05, 4.69) is 0 Å². The molecule has 2 rings (SSSR count). The van der Waals surface area contributed by atoms with Crippen molar-refractivity contribution in [1.29, 1.82) is 0 Å². The monoisotopic (exact) mass is 358 g/mol. The van der Waals surface area contributed by atoms with Gasteiger partial charge >= 0.3 is 5.97 Å². The number of hydrogen-bond acceptors (Lipinski definition) is 9. The Morgan fingerprint density at radius 2 is 1.88 bits per heavy atom. The minimum atomic E-state index is -1.64. The molecule has 1 aliphatic heterocycles. The van der Waals surface area contributed by atoms with Gasteiger partial charge in [0.1, 0.15) is 41.5 Å². The molecule has 0 radical (unpaired) electrons. The van der Waals surface area contributed by atoms with E-state index in [0.717, 1.165) is 0 Å². The standard InChI is InChI=1S/C16H22O9/c1-7(2)23-15(22)11-8(18)4-3-5-9(11)24-16-14(21)13(20)12(19)10(6-17)25-16/h3-5,7,10,12-14,16-21H,6H2,1-2H3/t10-,12-,13+,14-,16-/m1/s1. The molecule has 1 aromatic carbocycles. The Morgan fingerprint density at radius 1 is 1.20 bits per heavy atom. The summed E-state index contributed by atoms with van der Waals surface area (Å²) >= 11 is 0. The summed E-state index contributed by atoms with van der Waals surface area (Å²) in [5.41, 5.74) is -0.270. The summed E-state index contributed by atoms with van der Waals surface area (Å²) in [6.07, 6.45) is -7.88. The lowest BCUT2D eigenvalue weighted by atomic mass is 9.99. The molecule has 0 saturated carbocycles. The van der Waals surface area contributed by atoms with Gasteiger partial charge in [0, 0.05) is 0 Å². The number of phenols is 1. The van der Waals surface area contributed by atoms with Crippen molar-refractivity contribution in [3.8, 4) is 11.5 Å². The Kier molecular flexibility index (Phi) is 6.20. The van der Waals surface area contributed by atoms with E-state index in [1.807, 2.05) is 0 Å². The third-order valence-corrected chi connectivity index (χ3v) is 3.64. The molecule has 0 unspecified atom stereocenters. The third kappa shape index (κ3) is 4.20. The van der Waals surface area contributed by atoms with Crippen molar-refractivity contribution in [3.05, 3.63) is 23.8 Å². The zero-order chi connectivity index (χ0) is 18.7. The second kappa shape index (κ2) is 7.98. The molecule has 0 aliphatic carbocycles. The molecule has 0 aromatic heterocycles. The second-order valence-corrected chi connectivity index (χ2v) is 5.92. The van der Waals surface area contributed by atoms with Crippen molar-refractivity contribution >= 4 is 5.97 Å². The summed E-state index contributed by atoms with van der Waals surface area (Å²) in [5.74, 6) is -1.38. The van der Waals surface area contributed by atoms with E-state index in [4.69, 9.17) is 14.2 Å². The largest absolute Gasteiger partial charge is 0.507 e. The van der Waals surface area contributed by atoms with Crippen molar-refractivity contribution in [2.45, 2.75) is 50.7 Å². The van der Waals surface area contributed by atoms with Crippen LogP contribution in [-0.2, 0) is 9.47 Å². The molecule has 140 valence electrons. The van der Waals surface area contributed by atoms with E-state index >= 15 is 0 Å². The average Bonchev–Trinajstić information content (AvgIpc) is 2.54. The lowest BCUT2D eigenvalue weighted by Crippen LogP contribution is -2.60. The second-order valence-electron chi connectivity index (χ2n) is 5.92. The maximum Gasteiger partial charge on any atom is 0.346 e. The van der Waals surface area contributed by atoms with E-state index in [1.54, 1.807) is 13.8 Å². The highest BCUT2D eigenvalue weighted by molar-refractivity contribution is 5.95. The fourth-order valence-electron chi connectivity index (χ4n) is 2.39. The first-order chi connectivity index (χ1) is 11.8. The van der Waals surface area contributed by atoms with Crippen LogP contribution in [0.25, 0.3) is 0 Å². The number of esters is 1. The number of phenolic OH excluding ortho intramolecular Hbond substituents is 1. The van der Waals surface area contributed by atoms with E-state index in [9.17, 15) is 30.3 Å². The molecule has 1 aliphatic rings. The van der Waals surface area contributed by atoms with Crippen molar-refractivity contribution in [1.82, 2.24) is 0 Å². The number of carbonyl (C=O) groups excluding carboxylic acids is 1. The first-order valence-electron chi connectivity index (χ1n) is 7.76. The van der Waals surface area contributed by atoms with Crippen molar-refractivity contribution < 1.29 is 44.5 Å². The van der Waals surface area contributed by atoms with Gasteiger partial charge in [-0.2, -0.15) is 0 Å². The molecule has 0 spiro atoms. The van der Waals surface area contributed by atoms with E-state index < -0.39 is 55.1 Å². The minimum absolute atomic E-state index is 0.144. The topological polar surface area (TPSA) is 146 Å². The molecule has 5 atom stereocenters. The molecule has 1 fully saturated rings. The molecule has 1 heterocycles. The predicted octanol–water partition coefficient (Wildman–Crippen LogP) is -0.864. The molecular formula is C16H22O9. The average molecular weight is 358 g/mol. The number of hydrogen-bond donors (Lipinski definition) is 5. The lowest BCUT2D eigenvalue weighted by molar-refractivity contribution is -0.277. The maximum absolute atomic E-state index is 12.2. The van der Waals surface area contributed by atoms with Crippen molar-refractivity contribution in [3.63, 3.8) is 0 Å². The van der Waals surface area contributed by atoms with Gasteiger partial charge in [-0.3, -0.25) is 0 Å². The molecule has 1 aromatic rings. The van der Waals surface area contributed by atoms with Gasteiger partial charge in [-0.25, -0.2) is 4.79 Å². The third-order valence-electron chi connectivity index (χ3n) is 3.64. The first kappa shape index (κ1) is 19.4. The van der Waals surface area contributed by atoms with E-state index in [1.165, 1.54) is 18.2 Å². The number of carbonyl (C=O) groups is 1. The minimum Gasteiger partial charge on any atom is -0.507 e. The number of ether oxygens (including phenoxy) is 3. The fraction of sp³-hybridized carbons (Fsp3) is 0.562. The normalized spacial score (nSPS) is 29.5. The Balaban J connectivity index is 2.27. The van der Waals surface area contributed by atoms with Crippen molar-refractivity contribution in [2.75, 3.05) is 6.61 Å². The fourth-order valence-corrected chi connectivity index (χ4v) is 2.39. The molecule has 0 bridgehead atoms. The van der Waals surface area contributed by atoms with Crippen LogP contribution in [0.15, 0.2) is 18.2 Å². The molecule has 0 amide bonds. The highest BCUT2D eigenvalue weighted by atomic mass is 16.7. The number of aromatic hydroxyl groups is 1. The van der Waals surface area contributed by atoms with Crippen molar-refractivity contribution in [2.24, 2.45) is 0 Å². The predicted molar refractivity (Wildman–Crippen MR) is 83.1 cm³/mol. The van der Waals surface area contributed by atoms with Crippen LogP contribution in [0.1, 0.15) is 24.2 Å². The Morgan fingerprint density at radius 3 is 2.48 bits per heavy atom. The molecule has 9 heteroatoms. The van der Waals surface area contributed by atoms with Gasteiger partial charge in [0.2, 0.25) is 6.29 Å². The molecule has 25 heavy (non-hydrogen) atoms. The van der Waals surface area contributed by atoms with E-state index in [0.29, 0.717) is 0 Å². The van der Waals surface area contributed by atoms with Crippen LogP contribution in [0.5, 0.6) is 11.5 Å². The van der Waals surface area contributed by atoms with Crippen LogP contribution >= 0.6 is 0 Å². The van der Waals surface area contributed by atoms with E-state index in [-0.39, 0.29) is 11.3 Å². The van der Waals surface area contributed by atoms with Gasteiger partial charge in [0.05, 0.1) is 12.7 Å². The highest BCUT2D eigenvalue weighted by Gasteiger charge is 2.45. The smallest absolute Gasteiger partial charge is 0.346 e. The summed E-state index contributed by atoms with van der Waals surface area (Å²) < 4.78 is 15.7. The maximum atomic E-state index is 12.2. The van der Waals surface area contributed by atoms with Crippen LogP contribution in [0.2, 0.25) is 0 Å². The number of aliphatic hydroxyl groups is 4. The van der Waals surface area contributed by atoms with Gasteiger partial charge < -0.3 is 39.7 Å². The molecule has 1 saturated heterocycles. The van der Waals surface area contributed by atoms with Gasteiger partial charge in [-0.1, -0.05) is 6.07 Å². The Labute approximate surface area is 144 Å². The number of benzene rings is 1. The van der Waals surface area contributed by atoms with Gasteiger partial charge in [0.15, 0.2) is 0 Å². The van der Waals surface area contributed by atoms with Crippen LogP contribution < -0.4 is 4.74 Å². The molecular weight excluding hydrogens is 336 g/mol. The zero-order valence-electron chi connectivity index (χ0n) is 13.8. The van der Waals surface area contributed by atoms with Gasteiger partial charge in [-0.15, -0.1) is 0 Å². The number of aliphatic hydroxyl groups excluding tert-OH is 4. The Bertz CT molecular complexity index is 601. The van der Waals surface area contributed by atoms with Crippen LogP contribution in [0.3, 0.4) is 0 Å². The summed E-state index contributed by atoms with van der Waals surface area (Å²) in [6.45, 7) is 2.65. The molecule has 9 nitrogen and oxygen atoms in total. The summed E-state index contributed by atoms with van der Waals surface area (Å²) in [7, 11) is 0. The molecule has 5 N–H and O–H groups in total. The zero-order valence-corrected chi connectivity index (χ0v) is 13.8. The number of rotatable bonds is 5. The lowest BCUT2D eigenvalue weighted by Gasteiger charge is -2.39. The first-order valence-corrected chi connectivity index (χ1v) is 7.76. The summed E-state index contributed by atoms with van der Waals surface area (Å²) in [6, 6.07) is 4.01. The highest BCUT2D eigenvalue weighted by Crippen LogP contribution is 2.32. The van der Waals surface area contributed by atoms with Gasteiger partial charge in [-0.05, 0) is 26.0 Å². The van der Waals surface area contributed by atoms with Gasteiger partial charge in [0.25, 0.3) is 0 Å². The quantitative estimate of drug-likeness (QED) is 0.424. The van der Waals surface area contributed by atoms with Crippen LogP contribution in [-0.4, -0.2) is 74.9 Å².